The largest absolute Gasteiger partial charge is 0.476 e. The first kappa shape index (κ1) is 31.8. The minimum atomic E-state index is -3.81. The van der Waals surface area contributed by atoms with Gasteiger partial charge in [-0.2, -0.15) is 5.26 Å². The minimum absolute atomic E-state index is 0.163. The molecule has 0 aliphatic rings. The highest BCUT2D eigenvalue weighted by Crippen LogP contribution is 2.52. The van der Waals surface area contributed by atoms with Crippen molar-refractivity contribution >= 4 is 30.5 Å². The van der Waals surface area contributed by atoms with Gasteiger partial charge in [0.1, 0.15) is 11.9 Å². The van der Waals surface area contributed by atoms with E-state index in [0.29, 0.717) is 23.4 Å². The van der Waals surface area contributed by atoms with E-state index in [0.717, 1.165) is 27.6 Å². The van der Waals surface area contributed by atoms with E-state index in [9.17, 15) is 14.6 Å². The average Bonchev–Trinajstić information content (AvgIpc) is 3.36. The second-order valence-electron chi connectivity index (χ2n) is 9.96. The van der Waals surface area contributed by atoms with Gasteiger partial charge in [-0.05, 0) is 76.3 Å². The highest BCUT2D eigenvalue weighted by atomic mass is 31.2. The summed E-state index contributed by atoms with van der Waals surface area (Å²) in [5.41, 5.74) is 5.07. The van der Waals surface area contributed by atoms with Crippen LogP contribution in [0.3, 0.4) is 0 Å². The molecule has 4 rings (SSSR count). The summed E-state index contributed by atoms with van der Waals surface area (Å²) in [4.78, 5) is 19.2. The number of pyridine rings is 1. The molecule has 0 bridgehead atoms. The molecule has 1 atom stereocenters. The Kier molecular flexibility index (Phi) is 10.6. The van der Waals surface area contributed by atoms with Crippen LogP contribution in [0.2, 0.25) is 0 Å². The van der Waals surface area contributed by atoms with Gasteiger partial charge in [-0.15, -0.1) is 0 Å². The first-order valence-electron chi connectivity index (χ1n) is 14.0. The average molecular weight is 602 g/mol. The number of fused-ring (bicyclic) bond motifs is 1. The number of carbonyl (C=O) groups is 1. The lowest BCUT2D eigenvalue weighted by atomic mass is 10.0. The number of hydrogen-bond donors (Lipinski definition) is 1. The molecule has 0 spiro atoms. The molecule has 0 saturated carbocycles. The Morgan fingerprint density at radius 3 is 2.51 bits per heavy atom. The number of phosphoric acid groups is 1. The summed E-state index contributed by atoms with van der Waals surface area (Å²) in [7, 11) is 0.0549. The van der Waals surface area contributed by atoms with Gasteiger partial charge in [0.05, 0.1) is 24.8 Å². The Bertz CT molecular complexity index is 1700. The van der Waals surface area contributed by atoms with Crippen molar-refractivity contribution in [3.63, 3.8) is 0 Å². The lowest BCUT2D eigenvalue weighted by Gasteiger charge is -2.22. The van der Waals surface area contributed by atoms with Crippen LogP contribution < -0.4 is 5.32 Å². The molecule has 0 aliphatic carbocycles. The Morgan fingerprint density at radius 1 is 1.09 bits per heavy atom. The van der Waals surface area contributed by atoms with Crippen LogP contribution >= 0.6 is 7.82 Å². The fraction of sp³-hybridized carbons (Fsp3) is 0.281. The molecule has 0 fully saturated rings. The number of anilines is 1. The van der Waals surface area contributed by atoms with Crippen LogP contribution in [0, 0.1) is 11.3 Å². The normalized spacial score (nSPS) is 12.6. The van der Waals surface area contributed by atoms with Crippen LogP contribution in [-0.4, -0.2) is 54.2 Å². The predicted molar refractivity (Wildman–Crippen MR) is 168 cm³/mol. The molecule has 2 aromatic carbocycles. The van der Waals surface area contributed by atoms with Gasteiger partial charge in [-0.1, -0.05) is 30.3 Å². The maximum Gasteiger partial charge on any atom is 0.476 e. The van der Waals surface area contributed by atoms with Gasteiger partial charge in [-0.25, -0.2) is 9.55 Å². The number of nitrogens with zero attached hydrogens (tertiary/aromatic N) is 4. The molecule has 10 nitrogen and oxygen atoms in total. The van der Waals surface area contributed by atoms with E-state index in [1.807, 2.05) is 73.7 Å². The highest BCUT2D eigenvalue weighted by Gasteiger charge is 2.30. The predicted octanol–water partition coefficient (Wildman–Crippen LogP) is 7.01. The van der Waals surface area contributed by atoms with Crippen LogP contribution in [0.1, 0.15) is 32.6 Å². The van der Waals surface area contributed by atoms with E-state index in [1.165, 1.54) is 6.08 Å². The zero-order valence-electron chi connectivity index (χ0n) is 25.0. The first-order valence-corrected chi connectivity index (χ1v) is 15.4. The molecule has 1 amide bonds. The molecule has 2 aromatic heterocycles. The lowest BCUT2D eigenvalue weighted by Crippen LogP contribution is -2.12. The molecule has 224 valence electrons. The number of rotatable bonds is 13. The maximum absolute atomic E-state index is 13.2. The molecule has 1 N–H and O–H groups in total. The van der Waals surface area contributed by atoms with Crippen molar-refractivity contribution in [2.45, 2.75) is 27.0 Å². The van der Waals surface area contributed by atoms with E-state index >= 15 is 0 Å². The molecule has 1 unspecified atom stereocenters. The summed E-state index contributed by atoms with van der Waals surface area (Å²) >= 11 is 0. The third-order valence-electron chi connectivity index (χ3n) is 6.42. The maximum atomic E-state index is 13.2. The van der Waals surface area contributed by atoms with Crippen molar-refractivity contribution in [2.75, 3.05) is 39.2 Å². The zero-order valence-corrected chi connectivity index (χ0v) is 25.9. The second-order valence-corrected chi connectivity index (χ2v) is 11.6. The van der Waals surface area contributed by atoms with Crippen LogP contribution in [0.15, 0.2) is 79.1 Å². The van der Waals surface area contributed by atoms with E-state index in [4.69, 9.17) is 18.6 Å². The van der Waals surface area contributed by atoms with Crippen LogP contribution in [-0.2, 0) is 22.9 Å². The third kappa shape index (κ3) is 8.05. The summed E-state index contributed by atoms with van der Waals surface area (Å²) in [6.45, 7) is 6.17. The van der Waals surface area contributed by atoms with E-state index in [1.54, 1.807) is 43.7 Å². The monoisotopic (exact) mass is 601 g/mol. The molecule has 0 saturated heterocycles. The summed E-state index contributed by atoms with van der Waals surface area (Å²) in [6.07, 6.45) is 6.17. The van der Waals surface area contributed by atoms with Gasteiger partial charge in [0.25, 0.3) is 0 Å². The highest BCUT2D eigenvalue weighted by molar-refractivity contribution is 7.48. The topological polar surface area (TPSA) is 119 Å². The van der Waals surface area contributed by atoms with Gasteiger partial charge in [0.2, 0.25) is 5.91 Å². The van der Waals surface area contributed by atoms with Crippen molar-refractivity contribution in [2.24, 2.45) is 0 Å². The molecule has 11 heteroatoms. The number of amides is 1. The number of aromatic nitrogens is 2. The number of nitrogens with one attached hydrogen (secondary N) is 1. The number of hydrogen-bond acceptors (Lipinski definition) is 8. The fourth-order valence-corrected chi connectivity index (χ4v) is 5.84. The number of likely N-dealkylation sites (N-methyl/N-ethyl adjacent to an activating group) is 1. The SMILES string of the molecule is CCOP(=O)(OCC)OC(C)n1cc(-c2cccc(C#N)c2)c2cc(-c3cccc(NC(=O)C=CCN(C)C)c3)cnc21. The van der Waals surface area contributed by atoms with Crippen molar-refractivity contribution in [3.8, 4) is 28.3 Å². The molecular formula is C32H36N5O5P. The second kappa shape index (κ2) is 14.4. The summed E-state index contributed by atoms with van der Waals surface area (Å²) < 4.78 is 31.5. The number of nitriles is 1. The Balaban J connectivity index is 1.75. The van der Waals surface area contributed by atoms with E-state index in [-0.39, 0.29) is 19.1 Å². The van der Waals surface area contributed by atoms with Gasteiger partial charge < -0.3 is 14.8 Å². The summed E-state index contributed by atoms with van der Waals surface area (Å²) in [5.74, 6) is -0.213. The molecule has 0 aliphatic heterocycles. The molecule has 0 radical (unpaired) electrons. The van der Waals surface area contributed by atoms with Crippen molar-refractivity contribution in [1.82, 2.24) is 14.5 Å². The van der Waals surface area contributed by atoms with Crippen LogP contribution in [0.25, 0.3) is 33.3 Å². The molecule has 4 aromatic rings. The lowest BCUT2D eigenvalue weighted by molar-refractivity contribution is -0.111. The van der Waals surface area contributed by atoms with E-state index < -0.39 is 14.1 Å². The standard InChI is InChI=1S/C32H36N5O5P/c1-6-40-43(39,41-7-2)42-23(3)37-22-30(26-13-8-11-24(17-26)20-33)29-19-27(21-34-32(29)37)25-12-9-14-28(18-25)35-31(38)15-10-16-36(4)5/h8-15,17-19,21-23H,6-7,16H2,1-5H3,(H,35,38). The zero-order chi connectivity index (χ0) is 31.0. The fourth-order valence-electron chi connectivity index (χ4n) is 4.54. The Morgan fingerprint density at radius 2 is 1.81 bits per heavy atom. The van der Waals surface area contributed by atoms with Gasteiger partial charge in [-0.3, -0.25) is 18.4 Å². The van der Waals surface area contributed by atoms with Gasteiger partial charge in [0.15, 0.2) is 0 Å². The third-order valence-corrected chi connectivity index (χ3v) is 8.14. The van der Waals surface area contributed by atoms with Crippen molar-refractivity contribution in [3.05, 3.63) is 84.7 Å². The Labute approximate surface area is 252 Å². The van der Waals surface area contributed by atoms with Crippen molar-refractivity contribution in [1.29, 1.82) is 5.26 Å². The van der Waals surface area contributed by atoms with Crippen LogP contribution in [0.4, 0.5) is 5.69 Å². The smallest absolute Gasteiger partial charge is 0.323 e. The molecule has 2 heterocycles. The van der Waals surface area contributed by atoms with E-state index in [2.05, 4.69) is 11.4 Å². The summed E-state index contributed by atoms with van der Waals surface area (Å²) in [6, 6.07) is 19.0. The van der Waals surface area contributed by atoms with Crippen molar-refractivity contribution < 1.29 is 22.9 Å². The number of benzene rings is 2. The quantitative estimate of drug-likeness (QED) is 0.128. The Hall–Kier alpha value is -4.10. The van der Waals surface area contributed by atoms with Crippen LogP contribution in [0.5, 0.6) is 0 Å². The number of carbonyl (C=O) groups excluding carboxylic acids is 1. The molecule has 43 heavy (non-hydrogen) atoms. The van der Waals surface area contributed by atoms with Gasteiger partial charge in [0, 0.05) is 47.2 Å². The number of phosphoric ester groups is 1. The minimum Gasteiger partial charge on any atom is -0.323 e. The van der Waals surface area contributed by atoms with Gasteiger partial charge >= 0.3 is 7.82 Å². The molecular weight excluding hydrogens is 565 g/mol. The summed E-state index contributed by atoms with van der Waals surface area (Å²) in [5, 5.41) is 13.2. The first-order chi connectivity index (χ1) is 20.7.